The number of ether oxygens (including phenoxy) is 1. The number of amides is 2. The van der Waals surface area contributed by atoms with Crippen molar-refractivity contribution in [2.75, 3.05) is 5.32 Å². The molecule has 4 aromatic rings. The van der Waals surface area contributed by atoms with Crippen molar-refractivity contribution in [2.24, 2.45) is 5.73 Å². The van der Waals surface area contributed by atoms with Crippen LogP contribution in [0.4, 0.5) is 10.5 Å². The van der Waals surface area contributed by atoms with E-state index in [0.29, 0.717) is 40.4 Å². The summed E-state index contributed by atoms with van der Waals surface area (Å²) >= 11 is 6.33. The van der Waals surface area contributed by atoms with Crippen LogP contribution in [0.2, 0.25) is 5.15 Å². The molecule has 12 heteroatoms. The second-order valence-corrected chi connectivity index (χ2v) is 9.54. The monoisotopic (exact) mass is 515 g/mol. The van der Waals surface area contributed by atoms with E-state index in [1.54, 1.807) is 46.1 Å². The van der Waals surface area contributed by atoms with Crippen molar-refractivity contribution in [2.45, 2.75) is 52.3 Å². The van der Waals surface area contributed by atoms with Crippen molar-refractivity contribution in [3.05, 3.63) is 53.1 Å². The zero-order valence-corrected chi connectivity index (χ0v) is 20.9. The third-order valence-electron chi connectivity index (χ3n) is 4.93. The highest BCUT2D eigenvalue weighted by Gasteiger charge is 2.27. The number of nitrogens with one attached hydrogen (secondary N) is 2. The standard InChI is InChI=1S/C24H26ClN5O6/c1-12(29-23(32)36-24(2,3)4)8-15-18(22-28-11-16(35-22)21(26)31)19-20(34-15)14(9-17(25)30-19)27-10-13-6-5-7-33-13/h5-7,9,11-12H,8,10H2,1-4H3,(H2,26,31)(H,27,30)(H,29,32). The van der Waals surface area contributed by atoms with E-state index in [1.807, 2.05) is 6.07 Å². The topological polar surface area (TPSA) is 159 Å². The summed E-state index contributed by atoms with van der Waals surface area (Å²) in [6.45, 7) is 7.50. The number of hydrogen-bond acceptors (Lipinski definition) is 9. The van der Waals surface area contributed by atoms with Gasteiger partial charge < -0.3 is 34.4 Å². The highest BCUT2D eigenvalue weighted by Crippen LogP contribution is 2.39. The fraction of sp³-hybridized carbons (Fsp3) is 0.333. The lowest BCUT2D eigenvalue weighted by atomic mass is 10.1. The smallest absolute Gasteiger partial charge is 0.407 e. The maximum Gasteiger partial charge on any atom is 0.407 e. The van der Waals surface area contributed by atoms with Crippen LogP contribution in [0.25, 0.3) is 22.6 Å². The van der Waals surface area contributed by atoms with Gasteiger partial charge in [-0.3, -0.25) is 4.79 Å². The van der Waals surface area contributed by atoms with E-state index in [1.165, 1.54) is 6.20 Å². The van der Waals surface area contributed by atoms with Gasteiger partial charge in [0.05, 0.1) is 24.7 Å². The molecule has 1 unspecified atom stereocenters. The molecule has 1 atom stereocenters. The summed E-state index contributed by atoms with van der Waals surface area (Å²) in [5.74, 6) is 0.298. The second-order valence-electron chi connectivity index (χ2n) is 9.15. The molecule has 0 saturated carbocycles. The molecule has 0 aliphatic rings. The first-order chi connectivity index (χ1) is 17.0. The molecule has 190 valence electrons. The number of oxazole rings is 1. The Labute approximate surface area is 211 Å². The number of hydrogen-bond donors (Lipinski definition) is 3. The molecule has 4 N–H and O–H groups in total. The number of primary amides is 1. The molecule has 0 saturated heterocycles. The van der Waals surface area contributed by atoms with Crippen molar-refractivity contribution in [1.82, 2.24) is 15.3 Å². The van der Waals surface area contributed by atoms with Gasteiger partial charge in [-0.1, -0.05) is 11.6 Å². The number of nitrogens with two attached hydrogens (primary N) is 1. The minimum absolute atomic E-state index is 0.0776. The van der Waals surface area contributed by atoms with Crippen LogP contribution in [0.3, 0.4) is 0 Å². The minimum Gasteiger partial charge on any atom is -0.467 e. The Morgan fingerprint density at radius 1 is 1.28 bits per heavy atom. The molecule has 0 fully saturated rings. The first-order valence-corrected chi connectivity index (χ1v) is 11.5. The van der Waals surface area contributed by atoms with Crippen molar-refractivity contribution in [1.29, 1.82) is 0 Å². The van der Waals surface area contributed by atoms with Crippen molar-refractivity contribution in [3.8, 4) is 11.5 Å². The Kier molecular flexibility index (Phi) is 6.93. The van der Waals surface area contributed by atoms with E-state index in [4.69, 9.17) is 35.3 Å². The van der Waals surface area contributed by atoms with Crippen molar-refractivity contribution >= 4 is 40.4 Å². The molecule has 0 bridgehead atoms. The van der Waals surface area contributed by atoms with E-state index in [-0.39, 0.29) is 23.2 Å². The first kappa shape index (κ1) is 25.1. The molecule has 36 heavy (non-hydrogen) atoms. The number of anilines is 1. The summed E-state index contributed by atoms with van der Waals surface area (Å²) in [5.41, 5.74) is 6.39. The fourth-order valence-corrected chi connectivity index (χ4v) is 3.71. The number of alkyl carbamates (subject to hydrolysis) is 1. The van der Waals surface area contributed by atoms with Gasteiger partial charge in [-0.15, -0.1) is 0 Å². The highest BCUT2D eigenvalue weighted by molar-refractivity contribution is 6.30. The summed E-state index contributed by atoms with van der Waals surface area (Å²) < 4.78 is 22.5. The van der Waals surface area contributed by atoms with Crippen LogP contribution in [0.1, 0.15) is 49.8 Å². The predicted octanol–water partition coefficient (Wildman–Crippen LogP) is 4.90. The lowest BCUT2D eigenvalue weighted by molar-refractivity contribution is 0.0507. The molecule has 0 spiro atoms. The number of carbonyl (C=O) groups is 2. The zero-order chi connectivity index (χ0) is 26.0. The van der Waals surface area contributed by atoms with Crippen molar-refractivity contribution in [3.63, 3.8) is 0 Å². The van der Waals surface area contributed by atoms with Gasteiger partial charge in [0.2, 0.25) is 11.7 Å². The molecule has 0 aromatic carbocycles. The van der Waals surface area contributed by atoms with Gasteiger partial charge in [0.1, 0.15) is 33.4 Å². The van der Waals surface area contributed by atoms with E-state index < -0.39 is 23.6 Å². The van der Waals surface area contributed by atoms with E-state index in [9.17, 15) is 9.59 Å². The highest BCUT2D eigenvalue weighted by atomic mass is 35.5. The van der Waals surface area contributed by atoms with Crippen LogP contribution >= 0.6 is 11.6 Å². The summed E-state index contributed by atoms with van der Waals surface area (Å²) in [7, 11) is 0. The molecule has 0 radical (unpaired) electrons. The van der Waals surface area contributed by atoms with Crippen molar-refractivity contribution < 1.29 is 27.6 Å². The number of fused-ring (bicyclic) bond motifs is 1. The molecular formula is C24H26ClN5O6. The SMILES string of the molecule is CC(Cc1oc2c(NCc3ccco3)cc(Cl)nc2c1-c1ncc(C(N)=O)o1)NC(=O)OC(C)(C)C. The van der Waals surface area contributed by atoms with Crippen LogP contribution < -0.4 is 16.4 Å². The van der Waals surface area contributed by atoms with Gasteiger partial charge in [0, 0.05) is 18.5 Å². The second kappa shape index (κ2) is 9.94. The van der Waals surface area contributed by atoms with E-state index in [0.717, 1.165) is 0 Å². The number of aromatic nitrogens is 2. The normalized spacial score (nSPS) is 12.5. The number of nitrogens with zero attached hydrogens (tertiary/aromatic N) is 2. The fourth-order valence-electron chi connectivity index (χ4n) is 3.51. The molecule has 4 heterocycles. The first-order valence-electron chi connectivity index (χ1n) is 11.1. The Balaban J connectivity index is 1.73. The maximum atomic E-state index is 12.3. The van der Waals surface area contributed by atoms with E-state index >= 15 is 0 Å². The third-order valence-corrected chi connectivity index (χ3v) is 5.13. The molecule has 0 aliphatic heterocycles. The number of pyridine rings is 1. The maximum absolute atomic E-state index is 12.3. The summed E-state index contributed by atoms with van der Waals surface area (Å²) in [6, 6.07) is 4.83. The average Bonchev–Trinajstić information content (AvgIpc) is 3.50. The minimum atomic E-state index is -0.769. The van der Waals surface area contributed by atoms with Crippen LogP contribution in [0.15, 0.2) is 43.9 Å². The largest absolute Gasteiger partial charge is 0.467 e. The van der Waals surface area contributed by atoms with Gasteiger partial charge >= 0.3 is 6.09 Å². The summed E-state index contributed by atoms with van der Waals surface area (Å²) in [4.78, 5) is 32.5. The van der Waals surface area contributed by atoms with Crippen LogP contribution in [-0.2, 0) is 17.7 Å². The van der Waals surface area contributed by atoms with Gasteiger partial charge in [0.15, 0.2) is 5.58 Å². The van der Waals surface area contributed by atoms with E-state index in [2.05, 4.69) is 20.6 Å². The predicted molar refractivity (Wildman–Crippen MR) is 132 cm³/mol. The Bertz CT molecular complexity index is 1390. The number of halogens is 1. The van der Waals surface area contributed by atoms with Crippen LogP contribution in [0, 0.1) is 0 Å². The number of carbonyl (C=O) groups excluding carboxylic acids is 2. The molecular weight excluding hydrogens is 490 g/mol. The van der Waals surface area contributed by atoms with Gasteiger partial charge in [0.25, 0.3) is 5.91 Å². The summed E-state index contributed by atoms with van der Waals surface area (Å²) in [6.07, 6.45) is 2.46. The lowest BCUT2D eigenvalue weighted by Gasteiger charge is -2.21. The number of rotatable bonds is 8. The number of furan rings is 2. The summed E-state index contributed by atoms with van der Waals surface area (Å²) in [5, 5.41) is 6.21. The molecule has 11 nitrogen and oxygen atoms in total. The van der Waals surface area contributed by atoms with Gasteiger partial charge in [-0.05, 0) is 39.8 Å². The molecule has 0 aliphatic carbocycles. The Hall–Kier alpha value is -3.99. The van der Waals surface area contributed by atoms with Crippen LogP contribution in [-0.4, -0.2) is 33.6 Å². The lowest BCUT2D eigenvalue weighted by Crippen LogP contribution is -2.38. The Morgan fingerprint density at radius 3 is 2.69 bits per heavy atom. The zero-order valence-electron chi connectivity index (χ0n) is 20.2. The van der Waals surface area contributed by atoms with Gasteiger partial charge in [-0.2, -0.15) is 0 Å². The Morgan fingerprint density at radius 2 is 2.06 bits per heavy atom. The average molecular weight is 516 g/mol. The van der Waals surface area contributed by atoms with Gasteiger partial charge in [-0.25, -0.2) is 14.8 Å². The quantitative estimate of drug-likeness (QED) is 0.277. The molecule has 4 aromatic heterocycles. The molecule has 4 rings (SSSR count). The third kappa shape index (κ3) is 5.80. The van der Waals surface area contributed by atoms with Crippen LogP contribution in [0.5, 0.6) is 0 Å². The molecule has 2 amide bonds.